The van der Waals surface area contributed by atoms with Crippen molar-refractivity contribution < 1.29 is 9.53 Å². The summed E-state index contributed by atoms with van der Waals surface area (Å²) in [5.74, 6) is -0.487. The van der Waals surface area contributed by atoms with Gasteiger partial charge in [-0.3, -0.25) is 4.79 Å². The molecule has 2 aromatic rings. The van der Waals surface area contributed by atoms with Crippen molar-refractivity contribution in [3.05, 3.63) is 33.9 Å². The number of carbonyl (C=O) groups excluding carboxylic acids is 1. The van der Waals surface area contributed by atoms with Crippen LogP contribution in [0.5, 0.6) is 0 Å². The smallest absolute Gasteiger partial charge is 0.343 e. The van der Waals surface area contributed by atoms with Crippen molar-refractivity contribution in [3.63, 3.8) is 0 Å². The van der Waals surface area contributed by atoms with Gasteiger partial charge in [0.25, 0.3) is 5.56 Å². The second-order valence-electron chi connectivity index (χ2n) is 5.31. The Balaban J connectivity index is 2.71. The molecule has 0 amide bonds. The fraction of sp³-hybridized carbons (Fsp3) is 0.462. The summed E-state index contributed by atoms with van der Waals surface area (Å²) in [7, 11) is 0. The van der Waals surface area contributed by atoms with Gasteiger partial charge in [0.1, 0.15) is 5.56 Å². The monoisotopic (exact) mass is 263 g/mol. The minimum absolute atomic E-state index is 0.259. The molecule has 0 aliphatic heterocycles. The number of aromatic nitrogens is 3. The maximum atomic E-state index is 11.8. The van der Waals surface area contributed by atoms with Crippen molar-refractivity contribution in [2.75, 3.05) is 6.61 Å². The summed E-state index contributed by atoms with van der Waals surface area (Å²) >= 11 is 0. The second kappa shape index (κ2) is 4.53. The van der Waals surface area contributed by atoms with Crippen LogP contribution < -0.4 is 5.56 Å². The number of fused-ring (bicyclic) bond motifs is 1. The molecule has 2 heterocycles. The van der Waals surface area contributed by atoms with Crippen LogP contribution in [0.4, 0.5) is 0 Å². The van der Waals surface area contributed by atoms with Gasteiger partial charge in [-0.15, -0.1) is 0 Å². The van der Waals surface area contributed by atoms with E-state index in [4.69, 9.17) is 4.74 Å². The normalized spacial score (nSPS) is 11.8. The van der Waals surface area contributed by atoms with E-state index >= 15 is 0 Å². The molecule has 0 aliphatic rings. The molecule has 2 aromatic heterocycles. The molecule has 0 unspecified atom stereocenters. The van der Waals surface area contributed by atoms with E-state index in [1.165, 1.54) is 12.3 Å². The Morgan fingerprint density at radius 3 is 2.74 bits per heavy atom. The Labute approximate surface area is 110 Å². The van der Waals surface area contributed by atoms with Gasteiger partial charge in [-0.25, -0.2) is 9.31 Å². The van der Waals surface area contributed by atoms with Gasteiger partial charge in [0.05, 0.1) is 18.5 Å². The van der Waals surface area contributed by atoms with Crippen molar-refractivity contribution in [3.8, 4) is 0 Å². The number of H-pyrrole nitrogens is 1. The highest BCUT2D eigenvalue weighted by Crippen LogP contribution is 2.22. The predicted molar refractivity (Wildman–Crippen MR) is 70.5 cm³/mol. The van der Waals surface area contributed by atoms with Crippen LogP contribution in [0.15, 0.2) is 17.1 Å². The molecule has 0 atom stereocenters. The average Bonchev–Trinajstić information content (AvgIpc) is 2.70. The third kappa shape index (κ3) is 2.38. The third-order valence-corrected chi connectivity index (χ3v) is 2.77. The highest BCUT2D eigenvalue weighted by atomic mass is 16.5. The zero-order valence-electron chi connectivity index (χ0n) is 11.5. The lowest BCUT2D eigenvalue weighted by Gasteiger charge is -2.19. The highest BCUT2D eigenvalue weighted by Gasteiger charge is 2.22. The molecule has 0 radical (unpaired) electrons. The SMILES string of the molecule is CCOC(=O)c1cnn2c(C(C)(C)C)cc(=O)[nH]c12. The van der Waals surface area contributed by atoms with Gasteiger partial charge in [0, 0.05) is 11.5 Å². The Hall–Kier alpha value is -2.11. The molecule has 0 fully saturated rings. The van der Waals surface area contributed by atoms with Crippen molar-refractivity contribution >= 4 is 11.6 Å². The maximum Gasteiger partial charge on any atom is 0.343 e. The summed E-state index contributed by atoms with van der Waals surface area (Å²) in [5, 5.41) is 4.18. The quantitative estimate of drug-likeness (QED) is 0.833. The van der Waals surface area contributed by atoms with E-state index in [1.807, 2.05) is 20.8 Å². The lowest BCUT2D eigenvalue weighted by molar-refractivity contribution is 0.0528. The summed E-state index contributed by atoms with van der Waals surface area (Å²) < 4.78 is 6.52. The second-order valence-corrected chi connectivity index (χ2v) is 5.31. The first-order valence-electron chi connectivity index (χ1n) is 6.13. The molecular formula is C13H17N3O3. The molecule has 1 N–H and O–H groups in total. The van der Waals surface area contributed by atoms with Crippen molar-refractivity contribution in [2.24, 2.45) is 0 Å². The third-order valence-electron chi connectivity index (χ3n) is 2.77. The molecular weight excluding hydrogens is 246 g/mol. The van der Waals surface area contributed by atoms with Crippen LogP contribution >= 0.6 is 0 Å². The molecule has 0 spiro atoms. The van der Waals surface area contributed by atoms with E-state index in [0.717, 1.165) is 5.69 Å². The molecule has 0 saturated heterocycles. The van der Waals surface area contributed by atoms with Gasteiger partial charge in [0.2, 0.25) is 0 Å². The zero-order valence-corrected chi connectivity index (χ0v) is 11.5. The van der Waals surface area contributed by atoms with Crippen LogP contribution in [0.3, 0.4) is 0 Å². The molecule has 0 aliphatic carbocycles. The first kappa shape index (κ1) is 13.3. The minimum Gasteiger partial charge on any atom is -0.462 e. The minimum atomic E-state index is -0.487. The average molecular weight is 263 g/mol. The lowest BCUT2D eigenvalue weighted by Crippen LogP contribution is -2.22. The topological polar surface area (TPSA) is 76.5 Å². The van der Waals surface area contributed by atoms with Gasteiger partial charge < -0.3 is 9.72 Å². The van der Waals surface area contributed by atoms with Crippen molar-refractivity contribution in [2.45, 2.75) is 33.1 Å². The Morgan fingerprint density at radius 1 is 1.47 bits per heavy atom. The molecule has 6 nitrogen and oxygen atoms in total. The number of carbonyl (C=O) groups is 1. The number of hydrogen-bond donors (Lipinski definition) is 1. The first-order chi connectivity index (χ1) is 8.84. The molecule has 19 heavy (non-hydrogen) atoms. The number of nitrogens with zero attached hydrogens (tertiary/aromatic N) is 2. The summed E-state index contributed by atoms with van der Waals surface area (Å²) in [4.78, 5) is 26.2. The van der Waals surface area contributed by atoms with Crippen LogP contribution in [0.25, 0.3) is 5.65 Å². The molecule has 6 heteroatoms. The largest absolute Gasteiger partial charge is 0.462 e. The van der Waals surface area contributed by atoms with Crippen LogP contribution in [-0.2, 0) is 10.2 Å². The number of ether oxygens (including phenoxy) is 1. The molecule has 0 bridgehead atoms. The molecule has 0 saturated carbocycles. The van der Waals surface area contributed by atoms with E-state index in [1.54, 1.807) is 11.4 Å². The first-order valence-corrected chi connectivity index (χ1v) is 6.13. The van der Waals surface area contributed by atoms with Crippen LogP contribution in [0.1, 0.15) is 43.7 Å². The highest BCUT2D eigenvalue weighted by molar-refractivity contribution is 5.95. The van der Waals surface area contributed by atoms with Gasteiger partial charge >= 0.3 is 5.97 Å². The Bertz CT molecular complexity index is 676. The van der Waals surface area contributed by atoms with Crippen molar-refractivity contribution in [1.82, 2.24) is 14.6 Å². The summed E-state index contributed by atoms with van der Waals surface area (Å²) in [6.07, 6.45) is 1.42. The fourth-order valence-corrected chi connectivity index (χ4v) is 1.88. The molecule has 0 aromatic carbocycles. The van der Waals surface area contributed by atoms with Crippen LogP contribution in [0, 0.1) is 0 Å². The zero-order chi connectivity index (χ0) is 14.2. The Kier molecular flexibility index (Phi) is 3.18. The predicted octanol–water partition coefficient (Wildman–Crippen LogP) is 1.50. The molecule has 2 rings (SSSR count). The van der Waals surface area contributed by atoms with E-state index in [0.29, 0.717) is 5.65 Å². The number of esters is 1. The van der Waals surface area contributed by atoms with E-state index in [9.17, 15) is 9.59 Å². The number of aromatic amines is 1. The standard InChI is InChI=1S/C13H17N3O3/c1-5-19-12(18)8-7-14-16-9(13(2,3)4)6-10(17)15-11(8)16/h6-7H,5H2,1-4H3,(H,15,17). The number of hydrogen-bond acceptors (Lipinski definition) is 4. The van der Waals surface area contributed by atoms with E-state index in [2.05, 4.69) is 10.1 Å². The Morgan fingerprint density at radius 2 is 2.16 bits per heavy atom. The maximum absolute atomic E-state index is 11.8. The summed E-state index contributed by atoms with van der Waals surface area (Å²) in [5.41, 5.74) is 0.857. The van der Waals surface area contributed by atoms with E-state index in [-0.39, 0.29) is 23.1 Å². The number of nitrogens with one attached hydrogen (secondary N) is 1. The van der Waals surface area contributed by atoms with Gasteiger partial charge in [-0.1, -0.05) is 20.8 Å². The van der Waals surface area contributed by atoms with Crippen LogP contribution in [-0.4, -0.2) is 27.2 Å². The summed E-state index contributed by atoms with van der Waals surface area (Å²) in [6.45, 7) is 7.94. The van der Waals surface area contributed by atoms with Gasteiger partial charge in [-0.05, 0) is 6.92 Å². The van der Waals surface area contributed by atoms with Crippen molar-refractivity contribution in [1.29, 1.82) is 0 Å². The lowest BCUT2D eigenvalue weighted by atomic mass is 9.92. The summed E-state index contributed by atoms with van der Waals surface area (Å²) in [6, 6.07) is 1.49. The molecule has 102 valence electrons. The van der Waals surface area contributed by atoms with E-state index < -0.39 is 5.97 Å². The van der Waals surface area contributed by atoms with Gasteiger partial charge in [0.15, 0.2) is 5.65 Å². The number of rotatable bonds is 2. The fourth-order valence-electron chi connectivity index (χ4n) is 1.88. The van der Waals surface area contributed by atoms with Crippen LogP contribution in [0.2, 0.25) is 0 Å². The van der Waals surface area contributed by atoms with Gasteiger partial charge in [-0.2, -0.15) is 5.10 Å².